The van der Waals surface area contributed by atoms with Crippen molar-refractivity contribution in [1.82, 2.24) is 14.8 Å². The number of carbonyl (C=O) groups is 3. The summed E-state index contributed by atoms with van der Waals surface area (Å²) in [6.45, 7) is 5.78. The molecule has 6 nitrogen and oxygen atoms in total. The van der Waals surface area contributed by atoms with E-state index in [0.717, 1.165) is 16.3 Å². The summed E-state index contributed by atoms with van der Waals surface area (Å²) < 4.78 is 2.07. The van der Waals surface area contributed by atoms with Crippen molar-refractivity contribution in [1.29, 1.82) is 0 Å². The third-order valence-electron chi connectivity index (χ3n) is 5.76. The van der Waals surface area contributed by atoms with Crippen LogP contribution in [0.5, 0.6) is 0 Å². The molecule has 0 unspecified atom stereocenters. The summed E-state index contributed by atoms with van der Waals surface area (Å²) in [4.78, 5) is 41.0. The summed E-state index contributed by atoms with van der Waals surface area (Å²) in [6, 6.07) is 12.1. The van der Waals surface area contributed by atoms with Crippen LogP contribution < -0.4 is 5.32 Å². The average molecular weight is 456 g/mol. The van der Waals surface area contributed by atoms with E-state index in [1.165, 1.54) is 4.88 Å². The van der Waals surface area contributed by atoms with Crippen molar-refractivity contribution in [2.24, 2.45) is 0 Å². The van der Waals surface area contributed by atoms with Gasteiger partial charge >= 0.3 is 6.03 Å². The largest absolute Gasteiger partial charge is 0.343 e. The molecule has 0 aliphatic carbocycles. The van der Waals surface area contributed by atoms with E-state index in [0.29, 0.717) is 22.7 Å². The Labute approximate surface area is 189 Å². The number of hydrogen-bond donors (Lipinski definition) is 1. The number of amides is 3. The van der Waals surface area contributed by atoms with Gasteiger partial charge in [0.05, 0.1) is 13.1 Å². The first kappa shape index (κ1) is 21.3. The molecule has 2 aromatic heterocycles. The van der Waals surface area contributed by atoms with E-state index >= 15 is 0 Å². The van der Waals surface area contributed by atoms with Gasteiger partial charge < -0.3 is 9.88 Å². The molecule has 1 aliphatic rings. The highest BCUT2D eigenvalue weighted by molar-refractivity contribution is 7.09. The molecule has 1 saturated heterocycles. The third-order valence-corrected chi connectivity index (χ3v) is 6.95. The molecule has 1 N–H and O–H groups in total. The average Bonchev–Trinajstić information content (AvgIpc) is 3.40. The Balaban J connectivity index is 1.57. The molecule has 1 aromatic carbocycles. The Bertz CT molecular complexity index is 1180. The van der Waals surface area contributed by atoms with Gasteiger partial charge in [0, 0.05) is 32.4 Å². The number of halogens is 1. The van der Waals surface area contributed by atoms with Gasteiger partial charge in [-0.05, 0) is 44.4 Å². The Morgan fingerprint density at radius 1 is 1.16 bits per heavy atom. The zero-order chi connectivity index (χ0) is 22.3. The van der Waals surface area contributed by atoms with E-state index in [-0.39, 0.29) is 12.3 Å². The van der Waals surface area contributed by atoms with E-state index in [1.54, 1.807) is 42.5 Å². The maximum Gasteiger partial charge on any atom is 0.325 e. The molecule has 4 rings (SSSR count). The van der Waals surface area contributed by atoms with Crippen LogP contribution in [0.2, 0.25) is 5.02 Å². The predicted octanol–water partition coefficient (Wildman–Crippen LogP) is 4.52. The lowest BCUT2D eigenvalue weighted by atomic mass is 9.92. The number of nitrogens with zero attached hydrogens (tertiary/aromatic N) is 2. The quantitative estimate of drug-likeness (QED) is 0.439. The minimum atomic E-state index is -1.31. The summed E-state index contributed by atoms with van der Waals surface area (Å²) in [7, 11) is 0. The zero-order valence-corrected chi connectivity index (χ0v) is 19.0. The molecular formula is C23H22ClN3O3S. The number of carbonyl (C=O) groups excluding carboxylic acids is 3. The predicted molar refractivity (Wildman–Crippen MR) is 121 cm³/mol. The van der Waals surface area contributed by atoms with Crippen molar-refractivity contribution >= 4 is 40.7 Å². The van der Waals surface area contributed by atoms with Crippen molar-refractivity contribution in [2.75, 3.05) is 6.54 Å². The molecule has 8 heteroatoms. The number of aromatic nitrogens is 1. The number of urea groups is 1. The number of hydrogen-bond acceptors (Lipinski definition) is 4. The Morgan fingerprint density at radius 3 is 2.58 bits per heavy atom. The van der Waals surface area contributed by atoms with Crippen molar-refractivity contribution in [2.45, 2.75) is 32.9 Å². The van der Waals surface area contributed by atoms with Crippen LogP contribution >= 0.6 is 22.9 Å². The highest BCUT2D eigenvalue weighted by atomic mass is 35.5. The summed E-state index contributed by atoms with van der Waals surface area (Å²) in [6.07, 6.45) is 0. The molecule has 3 heterocycles. The molecule has 1 aliphatic heterocycles. The SMILES string of the molecule is Cc1cc(C(=O)CN2C(=O)N[C@@](C)(c3ccccc3Cl)C2=O)c(C)n1Cc1cccs1. The summed E-state index contributed by atoms with van der Waals surface area (Å²) >= 11 is 7.92. The van der Waals surface area contributed by atoms with Crippen LogP contribution in [0.4, 0.5) is 4.79 Å². The lowest BCUT2D eigenvalue weighted by Crippen LogP contribution is -2.41. The Morgan fingerprint density at radius 2 is 1.90 bits per heavy atom. The first-order valence-corrected chi connectivity index (χ1v) is 11.1. The van der Waals surface area contributed by atoms with E-state index < -0.39 is 17.5 Å². The van der Waals surface area contributed by atoms with Gasteiger partial charge in [0.2, 0.25) is 0 Å². The molecule has 0 bridgehead atoms. The molecule has 3 aromatic rings. The van der Waals surface area contributed by atoms with Crippen LogP contribution in [0.3, 0.4) is 0 Å². The standard InChI is InChI=1S/C23H22ClN3O3S/c1-14-11-17(15(2)26(14)12-16-7-6-10-31-16)20(28)13-27-21(29)23(3,25-22(27)30)18-8-4-5-9-19(18)24/h4-11H,12-13H2,1-3H3,(H,25,30)/t23-/m0/s1. The van der Waals surface area contributed by atoms with E-state index in [2.05, 4.69) is 9.88 Å². The zero-order valence-electron chi connectivity index (χ0n) is 17.4. The highest BCUT2D eigenvalue weighted by Crippen LogP contribution is 2.33. The molecule has 31 heavy (non-hydrogen) atoms. The van der Waals surface area contributed by atoms with Crippen LogP contribution in [0.15, 0.2) is 47.8 Å². The maximum absolute atomic E-state index is 13.2. The number of ketones is 1. The lowest BCUT2D eigenvalue weighted by Gasteiger charge is -2.23. The third kappa shape index (κ3) is 3.68. The topological polar surface area (TPSA) is 71.4 Å². The van der Waals surface area contributed by atoms with Crippen molar-refractivity contribution in [3.05, 3.63) is 80.3 Å². The lowest BCUT2D eigenvalue weighted by molar-refractivity contribution is -0.130. The summed E-state index contributed by atoms with van der Waals surface area (Å²) in [5.74, 6) is -0.774. The Hall–Kier alpha value is -2.90. The van der Waals surface area contributed by atoms with E-state index in [9.17, 15) is 14.4 Å². The van der Waals surface area contributed by atoms with Gasteiger partial charge in [-0.15, -0.1) is 11.3 Å². The first-order chi connectivity index (χ1) is 14.7. The molecule has 0 radical (unpaired) electrons. The van der Waals surface area contributed by atoms with Crippen LogP contribution in [0.1, 0.15) is 39.1 Å². The fourth-order valence-electron chi connectivity index (χ4n) is 4.00. The monoisotopic (exact) mass is 455 g/mol. The van der Waals surface area contributed by atoms with Gasteiger partial charge in [-0.3, -0.25) is 14.5 Å². The van der Waals surface area contributed by atoms with Crippen molar-refractivity contribution in [3.8, 4) is 0 Å². The molecular weight excluding hydrogens is 434 g/mol. The smallest absolute Gasteiger partial charge is 0.325 e. The van der Waals surface area contributed by atoms with Crippen molar-refractivity contribution in [3.63, 3.8) is 0 Å². The molecule has 3 amide bonds. The minimum Gasteiger partial charge on any atom is -0.343 e. The molecule has 1 fully saturated rings. The fourth-order valence-corrected chi connectivity index (χ4v) is 5.02. The van der Waals surface area contributed by atoms with Gasteiger partial charge in [0.15, 0.2) is 5.78 Å². The van der Waals surface area contributed by atoms with Gasteiger partial charge in [0.25, 0.3) is 5.91 Å². The minimum absolute atomic E-state index is 0.280. The maximum atomic E-state index is 13.2. The highest BCUT2D eigenvalue weighted by Gasteiger charge is 2.50. The van der Waals surface area contributed by atoms with Crippen molar-refractivity contribution < 1.29 is 14.4 Å². The molecule has 160 valence electrons. The molecule has 0 saturated carbocycles. The van der Waals surface area contributed by atoms with Crippen LogP contribution in [-0.4, -0.2) is 33.7 Å². The molecule has 1 atom stereocenters. The normalized spacial score (nSPS) is 18.5. The second kappa shape index (κ2) is 7.98. The number of Topliss-reactive ketones (excluding diaryl/α,β-unsaturated/α-hetero) is 1. The van der Waals surface area contributed by atoms with Crippen LogP contribution in [0, 0.1) is 13.8 Å². The second-order valence-corrected chi connectivity index (χ2v) is 9.24. The van der Waals surface area contributed by atoms with Gasteiger partial charge in [0.1, 0.15) is 5.54 Å². The van der Waals surface area contributed by atoms with Crippen LogP contribution in [0.25, 0.3) is 0 Å². The molecule has 0 spiro atoms. The number of thiophene rings is 1. The summed E-state index contributed by atoms with van der Waals surface area (Å²) in [5.41, 5.74) is 1.47. The fraction of sp³-hybridized carbons (Fsp3) is 0.261. The van der Waals surface area contributed by atoms with Crippen LogP contribution in [-0.2, 0) is 16.9 Å². The van der Waals surface area contributed by atoms with E-state index in [1.807, 2.05) is 37.4 Å². The number of nitrogens with one attached hydrogen (secondary N) is 1. The van der Waals surface area contributed by atoms with E-state index in [4.69, 9.17) is 11.6 Å². The number of aryl methyl sites for hydroxylation is 1. The second-order valence-electron chi connectivity index (χ2n) is 7.80. The Kier molecular flexibility index (Phi) is 5.49. The summed E-state index contributed by atoms with van der Waals surface area (Å²) in [5, 5.41) is 5.10. The van der Waals surface area contributed by atoms with Gasteiger partial charge in [-0.25, -0.2) is 4.79 Å². The van der Waals surface area contributed by atoms with Gasteiger partial charge in [-0.2, -0.15) is 0 Å². The van der Waals surface area contributed by atoms with Gasteiger partial charge in [-0.1, -0.05) is 35.9 Å². The number of benzene rings is 1. The number of imide groups is 1. The first-order valence-electron chi connectivity index (χ1n) is 9.84. The number of rotatable bonds is 6.